The molecule has 0 aliphatic heterocycles. The first-order valence-electron chi connectivity index (χ1n) is 6.99. The van der Waals surface area contributed by atoms with Gasteiger partial charge in [0, 0.05) is 11.7 Å². The van der Waals surface area contributed by atoms with Crippen LogP contribution in [0.1, 0.15) is 68.3 Å². The van der Waals surface area contributed by atoms with Crippen LogP contribution in [0.5, 0.6) is 0 Å². The molecule has 0 aliphatic rings. The van der Waals surface area contributed by atoms with Crippen LogP contribution >= 0.6 is 0 Å². The number of ketones is 1. The molecule has 0 radical (unpaired) electrons. The summed E-state index contributed by atoms with van der Waals surface area (Å²) in [4.78, 5) is 11.6. The van der Waals surface area contributed by atoms with Gasteiger partial charge in [0.05, 0.1) is 11.3 Å². The fraction of sp³-hybridized carbons (Fsp3) is 0.714. The Morgan fingerprint density at radius 1 is 1.25 bits per heavy atom. The van der Waals surface area contributed by atoms with Crippen LogP contribution in [0, 0.1) is 0 Å². The van der Waals surface area contributed by atoms with Crippen LogP contribution in [0.25, 0.3) is 0 Å². The van der Waals surface area contributed by atoms with Gasteiger partial charge in [-0.25, -0.2) is 0 Å². The summed E-state index contributed by atoms with van der Waals surface area (Å²) >= 11 is 0. The fourth-order valence-electron chi connectivity index (χ4n) is 2.42. The van der Waals surface area contributed by atoms with Gasteiger partial charge in [-0.2, -0.15) is 18.3 Å². The molecule has 3 nitrogen and oxygen atoms in total. The first kappa shape index (κ1) is 16.7. The van der Waals surface area contributed by atoms with E-state index < -0.39 is 12.0 Å². The number of aromatic nitrogens is 2. The molecule has 0 N–H and O–H groups in total. The number of rotatable bonds is 6. The molecule has 0 fully saturated rings. The average molecular weight is 290 g/mol. The Kier molecular flexibility index (Phi) is 5.36. The number of carbonyl (C=O) groups is 1. The van der Waals surface area contributed by atoms with E-state index >= 15 is 0 Å². The van der Waals surface area contributed by atoms with Crippen molar-refractivity contribution in [3.63, 3.8) is 0 Å². The number of halogens is 3. The number of carbonyl (C=O) groups excluding carboxylic acids is 1. The van der Waals surface area contributed by atoms with Crippen molar-refractivity contribution in [3.05, 3.63) is 17.0 Å². The van der Waals surface area contributed by atoms with Crippen molar-refractivity contribution in [1.29, 1.82) is 0 Å². The first-order valence-corrected chi connectivity index (χ1v) is 6.99. The number of aryl methyl sites for hydroxylation is 1. The highest BCUT2D eigenvalue weighted by molar-refractivity contribution is 6.02. The van der Waals surface area contributed by atoms with Crippen molar-refractivity contribution in [2.75, 3.05) is 0 Å². The molecule has 1 heterocycles. The number of hydrogen-bond donors (Lipinski definition) is 0. The molecule has 1 aromatic heterocycles. The summed E-state index contributed by atoms with van der Waals surface area (Å²) in [5, 5.41) is 4.25. The normalized spacial score (nSPS) is 13.6. The number of hydrogen-bond acceptors (Lipinski definition) is 2. The van der Waals surface area contributed by atoms with Gasteiger partial charge in [0.15, 0.2) is 0 Å². The second-order valence-electron chi connectivity index (χ2n) is 4.88. The fourth-order valence-corrected chi connectivity index (χ4v) is 2.42. The first-order chi connectivity index (χ1) is 9.27. The van der Waals surface area contributed by atoms with Crippen molar-refractivity contribution in [3.8, 4) is 0 Å². The Morgan fingerprint density at radius 3 is 2.25 bits per heavy atom. The Balaban J connectivity index is 3.39. The van der Waals surface area contributed by atoms with Gasteiger partial charge in [-0.3, -0.25) is 9.48 Å². The molecule has 0 bridgehead atoms. The predicted molar refractivity (Wildman–Crippen MR) is 71.0 cm³/mol. The summed E-state index contributed by atoms with van der Waals surface area (Å²) in [6.45, 7) is 7.38. The largest absolute Gasteiger partial charge is 0.455 e. The average Bonchev–Trinajstić information content (AvgIpc) is 2.75. The second kappa shape index (κ2) is 6.41. The maximum Gasteiger partial charge on any atom is 0.455 e. The highest BCUT2D eigenvalue weighted by atomic mass is 19.4. The summed E-state index contributed by atoms with van der Waals surface area (Å²) in [7, 11) is 0. The van der Waals surface area contributed by atoms with Crippen LogP contribution in [-0.2, 0) is 12.8 Å². The number of nitrogens with zero attached hydrogens (tertiary/aromatic N) is 2. The van der Waals surface area contributed by atoms with Crippen molar-refractivity contribution >= 4 is 5.78 Å². The summed E-state index contributed by atoms with van der Waals surface area (Å²) in [5.41, 5.74) is 0.391. The molecule has 1 atom stereocenters. The van der Waals surface area contributed by atoms with E-state index in [1.807, 2.05) is 13.8 Å². The van der Waals surface area contributed by atoms with Gasteiger partial charge in [-0.1, -0.05) is 27.2 Å². The Labute approximate surface area is 117 Å². The van der Waals surface area contributed by atoms with Gasteiger partial charge < -0.3 is 0 Å². The van der Waals surface area contributed by atoms with E-state index in [1.165, 1.54) is 0 Å². The van der Waals surface area contributed by atoms with Gasteiger partial charge in [0.2, 0.25) is 0 Å². The Morgan fingerprint density at radius 2 is 1.85 bits per heavy atom. The van der Waals surface area contributed by atoms with Crippen LogP contribution in [-0.4, -0.2) is 21.7 Å². The third-order valence-electron chi connectivity index (χ3n) is 3.36. The third-order valence-corrected chi connectivity index (χ3v) is 3.36. The molecule has 0 saturated heterocycles. The topological polar surface area (TPSA) is 34.9 Å². The summed E-state index contributed by atoms with van der Waals surface area (Å²) < 4.78 is 39.8. The van der Waals surface area contributed by atoms with Gasteiger partial charge in [0.25, 0.3) is 5.78 Å². The lowest BCUT2D eigenvalue weighted by atomic mass is 10.0. The van der Waals surface area contributed by atoms with E-state index in [-0.39, 0.29) is 17.3 Å². The highest BCUT2D eigenvalue weighted by Crippen LogP contribution is 2.29. The van der Waals surface area contributed by atoms with E-state index in [0.29, 0.717) is 18.5 Å². The van der Waals surface area contributed by atoms with Crippen molar-refractivity contribution in [2.45, 2.75) is 65.6 Å². The second-order valence-corrected chi connectivity index (χ2v) is 4.88. The van der Waals surface area contributed by atoms with Gasteiger partial charge >= 0.3 is 6.18 Å². The molecule has 0 saturated carbocycles. The smallest absolute Gasteiger partial charge is 0.284 e. The van der Waals surface area contributed by atoms with Crippen LogP contribution in [0.15, 0.2) is 0 Å². The zero-order valence-corrected chi connectivity index (χ0v) is 12.3. The zero-order chi connectivity index (χ0) is 15.5. The molecule has 1 unspecified atom stereocenters. The van der Waals surface area contributed by atoms with E-state index in [1.54, 1.807) is 18.5 Å². The third kappa shape index (κ3) is 3.22. The van der Waals surface area contributed by atoms with Crippen LogP contribution in [0.2, 0.25) is 0 Å². The SMILES string of the molecule is CCCC(C)n1nc(CC)c(C(=O)C(F)(F)F)c1CC. The monoisotopic (exact) mass is 290 g/mol. The maximum atomic E-state index is 12.7. The van der Waals surface area contributed by atoms with Crippen molar-refractivity contribution < 1.29 is 18.0 Å². The lowest BCUT2D eigenvalue weighted by Crippen LogP contribution is -2.25. The lowest BCUT2D eigenvalue weighted by Gasteiger charge is -2.15. The van der Waals surface area contributed by atoms with Gasteiger partial charge in [-0.15, -0.1) is 0 Å². The van der Waals surface area contributed by atoms with Gasteiger partial charge in [0.1, 0.15) is 0 Å². The Bertz CT molecular complexity index is 477. The van der Waals surface area contributed by atoms with Crippen LogP contribution in [0.4, 0.5) is 13.2 Å². The standard InChI is InChI=1S/C14H21F3N2O/c1-5-8-9(4)19-11(7-3)12(10(6-2)18-19)13(20)14(15,16)17/h9H,5-8H2,1-4H3. The number of alkyl halides is 3. The van der Waals surface area contributed by atoms with Crippen LogP contribution < -0.4 is 0 Å². The summed E-state index contributed by atoms with van der Waals surface area (Å²) in [5.74, 6) is -1.78. The minimum Gasteiger partial charge on any atom is -0.284 e. The summed E-state index contributed by atoms with van der Waals surface area (Å²) in [6, 6.07) is -0.00460. The van der Waals surface area contributed by atoms with E-state index in [4.69, 9.17) is 0 Å². The quantitative estimate of drug-likeness (QED) is 0.739. The summed E-state index contributed by atoms with van der Waals surface area (Å²) in [6.07, 6.45) is -2.45. The van der Waals surface area contributed by atoms with Gasteiger partial charge in [-0.05, 0) is 26.2 Å². The highest BCUT2D eigenvalue weighted by Gasteiger charge is 2.43. The molecular weight excluding hydrogens is 269 g/mol. The predicted octanol–water partition coefficient (Wildman–Crippen LogP) is 4.11. The van der Waals surface area contributed by atoms with Crippen molar-refractivity contribution in [2.24, 2.45) is 0 Å². The van der Waals surface area contributed by atoms with Crippen molar-refractivity contribution in [1.82, 2.24) is 9.78 Å². The van der Waals surface area contributed by atoms with Crippen LogP contribution in [0.3, 0.4) is 0 Å². The van der Waals surface area contributed by atoms with E-state index in [9.17, 15) is 18.0 Å². The van der Waals surface area contributed by atoms with E-state index in [0.717, 1.165) is 12.8 Å². The molecule has 20 heavy (non-hydrogen) atoms. The minimum atomic E-state index is -4.85. The molecule has 6 heteroatoms. The number of Topliss-reactive ketones (excluding diaryl/α,β-unsaturated/α-hetero) is 1. The maximum absolute atomic E-state index is 12.7. The molecular formula is C14H21F3N2O. The zero-order valence-electron chi connectivity index (χ0n) is 12.3. The molecule has 1 aromatic rings. The minimum absolute atomic E-state index is 0.00460. The molecule has 1 rings (SSSR count). The Hall–Kier alpha value is -1.33. The molecule has 0 aliphatic carbocycles. The molecule has 0 spiro atoms. The molecule has 114 valence electrons. The molecule has 0 aromatic carbocycles. The van der Waals surface area contributed by atoms with E-state index in [2.05, 4.69) is 5.10 Å². The lowest BCUT2D eigenvalue weighted by molar-refractivity contribution is -0.0886. The molecule has 0 amide bonds.